The van der Waals surface area contributed by atoms with E-state index in [9.17, 15) is 4.79 Å². The Hall–Kier alpha value is -1.46. The third-order valence-corrected chi connectivity index (χ3v) is 3.98. The SMILES string of the molecule is O=c1[nH]c(-c2ccccc2Br)nc2ccc(Br)cc12. The molecule has 0 saturated carbocycles. The molecule has 0 amide bonds. The Labute approximate surface area is 126 Å². The molecule has 0 saturated heterocycles. The van der Waals surface area contributed by atoms with Crippen molar-refractivity contribution in [2.45, 2.75) is 0 Å². The fourth-order valence-corrected chi connectivity index (χ4v) is 2.73. The van der Waals surface area contributed by atoms with Crippen molar-refractivity contribution in [1.29, 1.82) is 0 Å². The van der Waals surface area contributed by atoms with Crippen molar-refractivity contribution < 1.29 is 0 Å². The molecule has 3 rings (SSSR count). The van der Waals surface area contributed by atoms with Crippen molar-refractivity contribution in [2.24, 2.45) is 0 Å². The highest BCUT2D eigenvalue weighted by Crippen LogP contribution is 2.25. The number of fused-ring (bicyclic) bond motifs is 1. The minimum atomic E-state index is -0.142. The van der Waals surface area contributed by atoms with Crippen LogP contribution in [0, 0.1) is 0 Å². The van der Waals surface area contributed by atoms with Crippen molar-refractivity contribution in [1.82, 2.24) is 9.97 Å². The minimum Gasteiger partial charge on any atom is -0.306 e. The highest BCUT2D eigenvalue weighted by atomic mass is 79.9. The molecule has 1 heterocycles. The first-order chi connectivity index (χ1) is 9.15. The summed E-state index contributed by atoms with van der Waals surface area (Å²) >= 11 is 6.82. The lowest BCUT2D eigenvalue weighted by Crippen LogP contribution is -2.09. The van der Waals surface area contributed by atoms with Crippen LogP contribution in [0.1, 0.15) is 0 Å². The second-order valence-corrected chi connectivity index (χ2v) is 5.83. The van der Waals surface area contributed by atoms with Gasteiger partial charge >= 0.3 is 0 Å². The Bertz CT molecular complexity index is 827. The van der Waals surface area contributed by atoms with Gasteiger partial charge in [0.25, 0.3) is 5.56 Å². The molecule has 0 radical (unpaired) electrons. The van der Waals surface area contributed by atoms with Crippen molar-refractivity contribution in [3.05, 3.63) is 61.8 Å². The molecule has 0 aliphatic carbocycles. The van der Waals surface area contributed by atoms with Gasteiger partial charge in [-0.3, -0.25) is 4.79 Å². The number of hydrogen-bond donors (Lipinski definition) is 1. The van der Waals surface area contributed by atoms with Gasteiger partial charge in [0.1, 0.15) is 5.82 Å². The molecule has 0 aliphatic rings. The van der Waals surface area contributed by atoms with E-state index in [1.54, 1.807) is 6.07 Å². The molecule has 1 aromatic heterocycles. The van der Waals surface area contributed by atoms with Crippen LogP contribution in [-0.2, 0) is 0 Å². The van der Waals surface area contributed by atoms with E-state index >= 15 is 0 Å². The number of aromatic amines is 1. The lowest BCUT2D eigenvalue weighted by molar-refractivity contribution is 1.17. The third kappa shape index (κ3) is 2.35. The Morgan fingerprint density at radius 1 is 1.05 bits per heavy atom. The van der Waals surface area contributed by atoms with Gasteiger partial charge < -0.3 is 4.98 Å². The molecule has 1 N–H and O–H groups in total. The van der Waals surface area contributed by atoms with Gasteiger partial charge in [0.15, 0.2) is 0 Å². The lowest BCUT2D eigenvalue weighted by atomic mass is 10.2. The molecule has 2 aromatic carbocycles. The quantitative estimate of drug-likeness (QED) is 0.691. The molecular weight excluding hydrogens is 372 g/mol. The number of aromatic nitrogens is 2. The molecular formula is C14H8Br2N2O. The number of rotatable bonds is 1. The Balaban J connectivity index is 2.31. The summed E-state index contributed by atoms with van der Waals surface area (Å²) in [4.78, 5) is 19.4. The monoisotopic (exact) mass is 378 g/mol. The van der Waals surface area contributed by atoms with Gasteiger partial charge in [-0.25, -0.2) is 4.98 Å². The molecule has 0 spiro atoms. The van der Waals surface area contributed by atoms with Crippen molar-refractivity contribution in [3.63, 3.8) is 0 Å². The summed E-state index contributed by atoms with van der Waals surface area (Å²) in [5.74, 6) is 0.562. The first kappa shape index (κ1) is 12.6. The van der Waals surface area contributed by atoms with Crippen LogP contribution < -0.4 is 5.56 Å². The summed E-state index contributed by atoms with van der Waals surface area (Å²) in [7, 11) is 0. The van der Waals surface area contributed by atoms with E-state index in [1.807, 2.05) is 36.4 Å². The van der Waals surface area contributed by atoms with Crippen LogP contribution in [0.25, 0.3) is 22.3 Å². The predicted molar refractivity (Wildman–Crippen MR) is 83.2 cm³/mol. The van der Waals surface area contributed by atoms with E-state index in [2.05, 4.69) is 41.8 Å². The van der Waals surface area contributed by atoms with Gasteiger partial charge in [-0.15, -0.1) is 0 Å². The molecule has 0 fully saturated rings. The van der Waals surface area contributed by atoms with Gasteiger partial charge in [-0.2, -0.15) is 0 Å². The molecule has 5 heteroatoms. The van der Waals surface area contributed by atoms with Crippen LogP contribution in [-0.4, -0.2) is 9.97 Å². The second-order valence-electron chi connectivity index (χ2n) is 4.06. The van der Waals surface area contributed by atoms with Crippen LogP contribution >= 0.6 is 31.9 Å². The van der Waals surface area contributed by atoms with E-state index in [0.29, 0.717) is 16.7 Å². The summed E-state index contributed by atoms with van der Waals surface area (Å²) in [6.07, 6.45) is 0. The van der Waals surface area contributed by atoms with Crippen LogP contribution in [0.3, 0.4) is 0 Å². The first-order valence-corrected chi connectivity index (χ1v) is 7.18. The average molecular weight is 380 g/mol. The summed E-state index contributed by atoms with van der Waals surface area (Å²) in [6, 6.07) is 13.1. The summed E-state index contributed by atoms with van der Waals surface area (Å²) in [6.45, 7) is 0. The van der Waals surface area contributed by atoms with Crippen LogP contribution in [0.15, 0.2) is 56.2 Å². The van der Waals surface area contributed by atoms with E-state index in [-0.39, 0.29) is 5.56 Å². The maximum Gasteiger partial charge on any atom is 0.259 e. The van der Waals surface area contributed by atoms with Crippen molar-refractivity contribution in [3.8, 4) is 11.4 Å². The predicted octanol–water partition coefficient (Wildman–Crippen LogP) is 4.12. The maximum absolute atomic E-state index is 12.1. The molecule has 19 heavy (non-hydrogen) atoms. The summed E-state index contributed by atoms with van der Waals surface area (Å²) < 4.78 is 1.76. The van der Waals surface area contributed by atoms with Gasteiger partial charge in [0.05, 0.1) is 10.9 Å². The number of H-pyrrole nitrogens is 1. The number of nitrogens with zero attached hydrogens (tertiary/aromatic N) is 1. The van der Waals surface area contributed by atoms with E-state index in [0.717, 1.165) is 14.5 Å². The average Bonchev–Trinajstić information content (AvgIpc) is 2.40. The number of hydrogen-bond acceptors (Lipinski definition) is 2. The third-order valence-electron chi connectivity index (χ3n) is 2.80. The molecule has 0 bridgehead atoms. The highest BCUT2D eigenvalue weighted by Gasteiger charge is 2.08. The molecule has 94 valence electrons. The molecule has 0 atom stereocenters. The zero-order valence-electron chi connectivity index (χ0n) is 9.65. The van der Waals surface area contributed by atoms with Crippen LogP contribution in [0.2, 0.25) is 0 Å². The Kier molecular flexibility index (Phi) is 3.24. The van der Waals surface area contributed by atoms with E-state index in [4.69, 9.17) is 0 Å². The number of halogens is 2. The zero-order valence-corrected chi connectivity index (χ0v) is 12.8. The van der Waals surface area contributed by atoms with E-state index in [1.165, 1.54) is 0 Å². The summed E-state index contributed by atoms with van der Waals surface area (Å²) in [5.41, 5.74) is 1.40. The molecule has 0 unspecified atom stereocenters. The largest absolute Gasteiger partial charge is 0.306 e. The van der Waals surface area contributed by atoms with Crippen molar-refractivity contribution >= 4 is 42.8 Å². The van der Waals surface area contributed by atoms with Gasteiger partial charge in [0.2, 0.25) is 0 Å². The number of nitrogens with one attached hydrogen (secondary N) is 1. The van der Waals surface area contributed by atoms with Crippen LogP contribution in [0.4, 0.5) is 0 Å². The topological polar surface area (TPSA) is 45.8 Å². The fraction of sp³-hybridized carbons (Fsp3) is 0. The maximum atomic E-state index is 12.1. The molecule has 0 aliphatic heterocycles. The zero-order chi connectivity index (χ0) is 13.4. The van der Waals surface area contributed by atoms with Gasteiger partial charge in [-0.1, -0.05) is 50.1 Å². The van der Waals surface area contributed by atoms with Gasteiger partial charge in [0, 0.05) is 14.5 Å². The second kappa shape index (κ2) is 4.90. The molecule has 3 aromatic rings. The Morgan fingerprint density at radius 3 is 2.63 bits per heavy atom. The van der Waals surface area contributed by atoms with Crippen molar-refractivity contribution in [2.75, 3.05) is 0 Å². The van der Waals surface area contributed by atoms with Gasteiger partial charge in [-0.05, 0) is 24.3 Å². The lowest BCUT2D eigenvalue weighted by Gasteiger charge is -2.05. The normalized spacial score (nSPS) is 10.8. The van der Waals surface area contributed by atoms with Crippen LogP contribution in [0.5, 0.6) is 0 Å². The smallest absolute Gasteiger partial charge is 0.259 e. The summed E-state index contributed by atoms with van der Waals surface area (Å²) in [5, 5.41) is 0.574. The standard InChI is InChI=1S/C14H8Br2N2O/c15-8-5-6-12-10(7-8)14(19)18-13(17-12)9-3-1-2-4-11(9)16/h1-7H,(H,17,18,19). The Morgan fingerprint density at radius 2 is 1.84 bits per heavy atom. The first-order valence-electron chi connectivity index (χ1n) is 5.59. The fourth-order valence-electron chi connectivity index (χ4n) is 1.89. The minimum absolute atomic E-state index is 0.142. The number of benzene rings is 2. The highest BCUT2D eigenvalue weighted by molar-refractivity contribution is 9.10. The van der Waals surface area contributed by atoms with E-state index < -0.39 is 0 Å². The molecule has 3 nitrogen and oxygen atoms in total.